The van der Waals surface area contributed by atoms with Crippen LogP contribution < -0.4 is 5.56 Å². The molecule has 0 aliphatic heterocycles. The van der Waals surface area contributed by atoms with Crippen molar-refractivity contribution in [1.29, 1.82) is 0 Å². The number of hydrogen-bond acceptors (Lipinski definition) is 3. The maximum absolute atomic E-state index is 12.6. The Morgan fingerprint density at radius 2 is 1.86 bits per heavy atom. The number of hydrogen-bond donors (Lipinski definition) is 0. The molecule has 0 saturated carbocycles. The molecule has 0 aliphatic carbocycles. The fourth-order valence-corrected chi connectivity index (χ4v) is 2.60. The molecule has 0 bridgehead atoms. The molecule has 0 radical (unpaired) electrons. The number of aromatic nitrogens is 4. The van der Waals surface area contributed by atoms with Crippen molar-refractivity contribution in [1.82, 2.24) is 19.3 Å². The average Bonchev–Trinajstić information content (AvgIpc) is 2.89. The summed E-state index contributed by atoms with van der Waals surface area (Å²) in [6.45, 7) is 6.60. The van der Waals surface area contributed by atoms with Gasteiger partial charge in [0.2, 0.25) is 0 Å². The second-order valence-electron chi connectivity index (χ2n) is 6.27. The molecule has 0 aliphatic rings. The molecule has 22 heavy (non-hydrogen) atoms. The van der Waals surface area contributed by atoms with Crippen LogP contribution in [0.4, 0.5) is 0 Å². The molecule has 0 fully saturated rings. The first-order chi connectivity index (χ1) is 10.4. The predicted octanol–water partition coefficient (Wildman–Crippen LogP) is 3.16. The van der Waals surface area contributed by atoms with E-state index in [0.29, 0.717) is 17.6 Å². The molecule has 0 saturated heterocycles. The van der Waals surface area contributed by atoms with E-state index < -0.39 is 0 Å². The number of fused-ring (bicyclic) bond motifs is 1. The first kappa shape index (κ1) is 15.0. The molecule has 6 heteroatoms. The minimum Gasteiger partial charge on any atom is -0.294 e. The summed E-state index contributed by atoms with van der Waals surface area (Å²) in [4.78, 5) is 17.0. The van der Waals surface area contributed by atoms with E-state index in [9.17, 15) is 4.79 Å². The third-order valence-electron chi connectivity index (χ3n) is 3.46. The molecule has 3 aromatic rings. The van der Waals surface area contributed by atoms with Crippen LogP contribution in [0.15, 0.2) is 46.1 Å². The van der Waals surface area contributed by atoms with Crippen molar-refractivity contribution in [3.8, 4) is 0 Å². The molecule has 114 valence electrons. The molecular formula is C16H17BrN4O. The number of nitrogens with zero attached hydrogens (tertiary/aromatic N) is 4. The van der Waals surface area contributed by atoms with Crippen molar-refractivity contribution in [3.05, 3.63) is 57.2 Å². The fraction of sp³-hybridized carbons (Fsp3) is 0.312. The summed E-state index contributed by atoms with van der Waals surface area (Å²) in [5.74, 6) is 0. The van der Waals surface area contributed by atoms with E-state index in [4.69, 9.17) is 0 Å². The van der Waals surface area contributed by atoms with Crippen molar-refractivity contribution in [3.63, 3.8) is 0 Å². The summed E-state index contributed by atoms with van der Waals surface area (Å²) in [5.41, 5.74) is 1.40. The van der Waals surface area contributed by atoms with Gasteiger partial charge in [0.1, 0.15) is 11.7 Å². The van der Waals surface area contributed by atoms with Crippen LogP contribution >= 0.6 is 15.9 Å². The molecule has 2 aromatic heterocycles. The average molecular weight is 361 g/mol. The van der Waals surface area contributed by atoms with Crippen molar-refractivity contribution < 1.29 is 0 Å². The molecule has 5 nitrogen and oxygen atoms in total. The summed E-state index contributed by atoms with van der Waals surface area (Å²) in [6, 6.07) is 7.90. The van der Waals surface area contributed by atoms with Crippen LogP contribution in [0.3, 0.4) is 0 Å². The Morgan fingerprint density at radius 3 is 2.50 bits per heavy atom. The normalized spacial score (nSPS) is 12.0. The highest BCUT2D eigenvalue weighted by molar-refractivity contribution is 9.10. The first-order valence-electron chi connectivity index (χ1n) is 7.04. The van der Waals surface area contributed by atoms with Crippen LogP contribution in [0.25, 0.3) is 11.0 Å². The number of rotatable bonds is 2. The first-order valence-corrected chi connectivity index (χ1v) is 7.83. The highest BCUT2D eigenvalue weighted by Gasteiger charge is 2.19. The van der Waals surface area contributed by atoms with E-state index in [2.05, 4.69) is 26.0 Å². The Balaban J connectivity index is 2.04. The van der Waals surface area contributed by atoms with E-state index in [0.717, 1.165) is 10.0 Å². The number of benzene rings is 1. The molecule has 2 heterocycles. The molecule has 1 aromatic carbocycles. The van der Waals surface area contributed by atoms with E-state index in [1.165, 1.54) is 0 Å². The summed E-state index contributed by atoms with van der Waals surface area (Å²) < 4.78 is 4.41. The largest absolute Gasteiger partial charge is 0.294 e. The van der Waals surface area contributed by atoms with Gasteiger partial charge < -0.3 is 0 Å². The molecule has 0 spiro atoms. The van der Waals surface area contributed by atoms with Gasteiger partial charge in [-0.3, -0.25) is 9.36 Å². The van der Waals surface area contributed by atoms with Gasteiger partial charge in [-0.25, -0.2) is 9.67 Å². The van der Waals surface area contributed by atoms with Gasteiger partial charge in [0.05, 0.1) is 18.3 Å². The number of halogens is 1. The lowest BCUT2D eigenvalue weighted by molar-refractivity contribution is 0.365. The zero-order chi connectivity index (χ0) is 15.9. The molecule has 0 unspecified atom stereocenters. The van der Waals surface area contributed by atoms with E-state index >= 15 is 0 Å². The smallest absolute Gasteiger partial charge is 0.264 e. The molecule has 3 rings (SSSR count). The Kier molecular flexibility index (Phi) is 3.64. The van der Waals surface area contributed by atoms with Gasteiger partial charge in [0.15, 0.2) is 5.65 Å². The molecule has 0 N–H and O–H groups in total. The van der Waals surface area contributed by atoms with Crippen LogP contribution in [-0.4, -0.2) is 19.3 Å². The highest BCUT2D eigenvalue weighted by atomic mass is 79.9. The van der Waals surface area contributed by atoms with Crippen molar-refractivity contribution in [2.45, 2.75) is 32.9 Å². The van der Waals surface area contributed by atoms with Gasteiger partial charge in [-0.05, 0) is 38.5 Å². The van der Waals surface area contributed by atoms with Crippen molar-refractivity contribution in [2.75, 3.05) is 0 Å². The summed E-state index contributed by atoms with van der Waals surface area (Å²) in [7, 11) is 0. The minimum atomic E-state index is -0.209. The van der Waals surface area contributed by atoms with Gasteiger partial charge in [-0.15, -0.1) is 0 Å². The second kappa shape index (κ2) is 5.35. The second-order valence-corrected chi connectivity index (χ2v) is 7.18. The monoisotopic (exact) mass is 360 g/mol. The summed E-state index contributed by atoms with van der Waals surface area (Å²) >= 11 is 3.41. The van der Waals surface area contributed by atoms with E-state index in [1.54, 1.807) is 21.8 Å². The zero-order valence-electron chi connectivity index (χ0n) is 12.7. The maximum Gasteiger partial charge on any atom is 0.264 e. The Morgan fingerprint density at radius 1 is 1.18 bits per heavy atom. The van der Waals surface area contributed by atoms with Gasteiger partial charge in [0.25, 0.3) is 5.56 Å². The highest BCUT2D eigenvalue weighted by Crippen LogP contribution is 2.18. The Hall–Kier alpha value is -1.95. The van der Waals surface area contributed by atoms with Gasteiger partial charge in [-0.2, -0.15) is 5.10 Å². The topological polar surface area (TPSA) is 52.7 Å². The van der Waals surface area contributed by atoms with Crippen molar-refractivity contribution in [2.24, 2.45) is 0 Å². The Labute approximate surface area is 136 Å². The molecular weight excluding hydrogens is 344 g/mol. The predicted molar refractivity (Wildman–Crippen MR) is 90.0 cm³/mol. The van der Waals surface area contributed by atoms with Gasteiger partial charge in [0, 0.05) is 4.47 Å². The fourth-order valence-electron chi connectivity index (χ4n) is 2.34. The van der Waals surface area contributed by atoms with Crippen LogP contribution in [0.1, 0.15) is 26.3 Å². The molecule has 0 amide bonds. The third-order valence-corrected chi connectivity index (χ3v) is 3.98. The van der Waals surface area contributed by atoms with E-state index in [1.807, 2.05) is 45.0 Å². The summed E-state index contributed by atoms with van der Waals surface area (Å²) in [6.07, 6.45) is 3.20. The Bertz CT molecular complexity index is 872. The lowest BCUT2D eigenvalue weighted by Crippen LogP contribution is -2.25. The zero-order valence-corrected chi connectivity index (χ0v) is 14.3. The SMILES string of the molecule is CC(C)(C)n1ncc2c(=O)n(Cc3ccc(Br)cc3)cnc21. The van der Waals surface area contributed by atoms with E-state index in [-0.39, 0.29) is 11.1 Å². The van der Waals surface area contributed by atoms with Crippen molar-refractivity contribution >= 4 is 27.0 Å². The minimum absolute atomic E-state index is 0.0663. The van der Waals surface area contributed by atoms with Crippen LogP contribution in [0.2, 0.25) is 0 Å². The third kappa shape index (κ3) is 2.70. The standard InChI is InChI=1S/C16H17BrN4O/c1-16(2,3)21-14-13(8-19-21)15(22)20(10-18-14)9-11-4-6-12(17)7-5-11/h4-8,10H,9H2,1-3H3. The van der Waals surface area contributed by atoms with Crippen LogP contribution in [0.5, 0.6) is 0 Å². The van der Waals surface area contributed by atoms with Crippen LogP contribution in [-0.2, 0) is 12.1 Å². The van der Waals surface area contributed by atoms with Gasteiger partial charge >= 0.3 is 0 Å². The van der Waals surface area contributed by atoms with Gasteiger partial charge in [-0.1, -0.05) is 28.1 Å². The quantitative estimate of drug-likeness (QED) is 0.705. The lowest BCUT2D eigenvalue weighted by Gasteiger charge is -2.19. The van der Waals surface area contributed by atoms with Crippen LogP contribution in [0, 0.1) is 0 Å². The summed E-state index contributed by atoms with van der Waals surface area (Å²) in [5, 5.41) is 4.87. The molecule has 0 atom stereocenters. The lowest BCUT2D eigenvalue weighted by atomic mass is 10.1. The maximum atomic E-state index is 12.6.